The zero-order valence-corrected chi connectivity index (χ0v) is 10.9. The third-order valence-corrected chi connectivity index (χ3v) is 6.80. The Balaban J connectivity index is 3.80. The first kappa shape index (κ1) is 13.6. The van der Waals surface area contributed by atoms with E-state index in [9.17, 15) is 4.21 Å². The Bertz CT molecular complexity index is 168. The molecule has 0 aromatic rings. The Morgan fingerprint density at radius 3 is 2.62 bits per heavy atom. The fraction of sp³-hybridized carbons (Fsp3) is 0.778. The maximum Gasteiger partial charge on any atom is 0.0942 e. The minimum atomic E-state index is -0.800. The summed E-state index contributed by atoms with van der Waals surface area (Å²) in [6.45, 7) is 6.16. The standard InChI is InChI=1S/C9H18OS3/c1-4-7-11-12-9(6-3)13(10)8-5-2/h5,8-9H,4,6-7H2,1-3H3/b8-5+/t9-,13-/m1/s1. The monoisotopic (exact) mass is 238 g/mol. The van der Waals surface area contributed by atoms with Crippen LogP contribution < -0.4 is 0 Å². The van der Waals surface area contributed by atoms with E-state index in [2.05, 4.69) is 13.8 Å². The van der Waals surface area contributed by atoms with E-state index < -0.39 is 10.8 Å². The second kappa shape index (κ2) is 9.16. The lowest BCUT2D eigenvalue weighted by molar-refractivity contribution is 0.685. The molecule has 0 spiro atoms. The van der Waals surface area contributed by atoms with E-state index >= 15 is 0 Å². The molecule has 0 fully saturated rings. The minimum absolute atomic E-state index is 0.257. The van der Waals surface area contributed by atoms with Gasteiger partial charge in [-0.15, -0.1) is 0 Å². The summed E-state index contributed by atoms with van der Waals surface area (Å²) in [6, 6.07) is 0. The molecule has 0 bridgehead atoms. The van der Waals surface area contributed by atoms with E-state index in [4.69, 9.17) is 0 Å². The molecule has 0 amide bonds. The quantitative estimate of drug-likeness (QED) is 0.496. The lowest BCUT2D eigenvalue weighted by Gasteiger charge is -2.09. The van der Waals surface area contributed by atoms with Crippen LogP contribution in [-0.2, 0) is 10.8 Å². The van der Waals surface area contributed by atoms with Crippen LogP contribution in [-0.4, -0.2) is 14.5 Å². The summed E-state index contributed by atoms with van der Waals surface area (Å²) in [5, 5.41) is 1.79. The van der Waals surface area contributed by atoms with Gasteiger partial charge in [-0.2, -0.15) is 0 Å². The van der Waals surface area contributed by atoms with Gasteiger partial charge in [-0.3, -0.25) is 4.21 Å². The van der Waals surface area contributed by atoms with Gasteiger partial charge in [0.15, 0.2) is 0 Å². The molecule has 0 unspecified atom stereocenters. The predicted molar refractivity (Wildman–Crippen MR) is 67.4 cm³/mol. The minimum Gasteiger partial charge on any atom is -0.254 e. The zero-order chi connectivity index (χ0) is 10.1. The predicted octanol–water partition coefficient (Wildman–Crippen LogP) is 3.80. The van der Waals surface area contributed by atoms with Gasteiger partial charge in [-0.1, -0.05) is 41.5 Å². The first-order chi connectivity index (χ1) is 6.26. The van der Waals surface area contributed by atoms with Gasteiger partial charge in [0.2, 0.25) is 0 Å². The number of rotatable bonds is 7. The average molecular weight is 238 g/mol. The summed E-state index contributed by atoms with van der Waals surface area (Å²) in [6.07, 6.45) is 4.02. The van der Waals surface area contributed by atoms with Gasteiger partial charge in [-0.25, -0.2) is 0 Å². The molecule has 0 rings (SSSR count). The second-order valence-corrected chi connectivity index (χ2v) is 7.04. The van der Waals surface area contributed by atoms with Crippen molar-refractivity contribution in [3.05, 3.63) is 11.5 Å². The molecule has 0 aliphatic heterocycles. The highest BCUT2D eigenvalue weighted by molar-refractivity contribution is 8.78. The third kappa shape index (κ3) is 6.63. The van der Waals surface area contributed by atoms with Crippen molar-refractivity contribution in [1.82, 2.24) is 0 Å². The number of allylic oxidation sites excluding steroid dienone is 1. The van der Waals surface area contributed by atoms with Crippen molar-refractivity contribution in [1.29, 1.82) is 0 Å². The van der Waals surface area contributed by atoms with Crippen LogP contribution >= 0.6 is 21.6 Å². The molecule has 0 aliphatic rings. The summed E-state index contributed by atoms with van der Waals surface area (Å²) in [5.41, 5.74) is 0. The highest BCUT2D eigenvalue weighted by Crippen LogP contribution is 2.31. The van der Waals surface area contributed by atoms with Gasteiger partial charge in [0, 0.05) is 5.75 Å². The molecular formula is C9H18OS3. The van der Waals surface area contributed by atoms with Crippen LogP contribution in [0.1, 0.15) is 33.6 Å². The van der Waals surface area contributed by atoms with E-state index in [0.717, 1.165) is 12.2 Å². The third-order valence-electron chi connectivity index (χ3n) is 1.33. The van der Waals surface area contributed by atoms with Crippen LogP contribution in [0.2, 0.25) is 0 Å². The lowest BCUT2D eigenvalue weighted by atomic mass is 10.6. The number of hydrogen-bond donors (Lipinski definition) is 0. The molecule has 0 heterocycles. The van der Waals surface area contributed by atoms with Gasteiger partial charge >= 0.3 is 0 Å². The van der Waals surface area contributed by atoms with E-state index in [1.807, 2.05) is 23.8 Å². The molecule has 0 N–H and O–H groups in total. The average Bonchev–Trinajstić information content (AvgIpc) is 2.13. The van der Waals surface area contributed by atoms with Crippen molar-refractivity contribution >= 4 is 32.4 Å². The van der Waals surface area contributed by atoms with Crippen molar-refractivity contribution in [2.75, 3.05) is 5.75 Å². The highest BCUT2D eigenvalue weighted by Gasteiger charge is 2.12. The Morgan fingerprint density at radius 2 is 2.15 bits per heavy atom. The van der Waals surface area contributed by atoms with Crippen LogP contribution in [0.4, 0.5) is 0 Å². The zero-order valence-electron chi connectivity index (χ0n) is 8.49. The van der Waals surface area contributed by atoms with Gasteiger partial charge in [-0.05, 0) is 25.2 Å². The van der Waals surface area contributed by atoms with Crippen LogP contribution in [0.3, 0.4) is 0 Å². The van der Waals surface area contributed by atoms with Gasteiger partial charge in [0.25, 0.3) is 0 Å². The molecule has 0 saturated carbocycles. The molecular weight excluding hydrogens is 220 g/mol. The van der Waals surface area contributed by atoms with Gasteiger partial charge in [0.1, 0.15) is 0 Å². The van der Waals surface area contributed by atoms with E-state index in [0.29, 0.717) is 0 Å². The van der Waals surface area contributed by atoms with Crippen LogP contribution in [0.5, 0.6) is 0 Å². The lowest BCUT2D eigenvalue weighted by Crippen LogP contribution is -2.05. The molecule has 0 saturated heterocycles. The summed E-state index contributed by atoms with van der Waals surface area (Å²) >= 11 is 0. The van der Waals surface area contributed by atoms with Gasteiger partial charge < -0.3 is 0 Å². The van der Waals surface area contributed by atoms with Gasteiger partial charge in [0.05, 0.1) is 15.4 Å². The summed E-state index contributed by atoms with van der Waals surface area (Å²) in [7, 11) is 2.79. The van der Waals surface area contributed by atoms with Crippen LogP contribution in [0.25, 0.3) is 0 Å². The van der Waals surface area contributed by atoms with E-state index in [1.165, 1.54) is 6.42 Å². The van der Waals surface area contributed by atoms with E-state index in [-0.39, 0.29) is 4.58 Å². The highest BCUT2D eigenvalue weighted by atomic mass is 33.1. The first-order valence-electron chi connectivity index (χ1n) is 4.56. The molecule has 0 aromatic heterocycles. The maximum atomic E-state index is 11.6. The molecule has 78 valence electrons. The molecule has 2 atom stereocenters. The number of hydrogen-bond acceptors (Lipinski definition) is 3. The molecule has 1 nitrogen and oxygen atoms in total. The molecule has 0 aromatic carbocycles. The Morgan fingerprint density at radius 1 is 1.46 bits per heavy atom. The van der Waals surface area contributed by atoms with E-state index in [1.54, 1.807) is 16.2 Å². The fourth-order valence-electron chi connectivity index (χ4n) is 0.700. The second-order valence-electron chi connectivity index (χ2n) is 2.55. The van der Waals surface area contributed by atoms with Crippen molar-refractivity contribution in [3.63, 3.8) is 0 Å². The summed E-state index contributed by atoms with van der Waals surface area (Å²) in [5.74, 6) is 1.15. The Kier molecular flexibility index (Phi) is 9.57. The summed E-state index contributed by atoms with van der Waals surface area (Å²) in [4.78, 5) is 0. The SMILES string of the molecule is C/C=C/[S@@](=O)[C@H](CC)SSCCC. The summed E-state index contributed by atoms with van der Waals surface area (Å²) < 4.78 is 11.8. The van der Waals surface area contributed by atoms with Crippen molar-refractivity contribution in [2.45, 2.75) is 38.2 Å². The molecule has 0 aliphatic carbocycles. The van der Waals surface area contributed by atoms with Crippen molar-refractivity contribution in [2.24, 2.45) is 0 Å². The topological polar surface area (TPSA) is 17.1 Å². The van der Waals surface area contributed by atoms with Crippen molar-refractivity contribution < 1.29 is 4.21 Å². The normalized spacial score (nSPS) is 16.2. The van der Waals surface area contributed by atoms with Crippen molar-refractivity contribution in [3.8, 4) is 0 Å². The first-order valence-corrected chi connectivity index (χ1v) is 8.22. The van der Waals surface area contributed by atoms with Crippen LogP contribution in [0, 0.1) is 0 Å². The largest absolute Gasteiger partial charge is 0.254 e. The molecule has 13 heavy (non-hydrogen) atoms. The Labute approximate surface area is 92.0 Å². The smallest absolute Gasteiger partial charge is 0.0942 e. The fourth-order valence-corrected chi connectivity index (χ4v) is 5.37. The molecule has 0 radical (unpaired) electrons. The molecule has 4 heteroatoms. The van der Waals surface area contributed by atoms with Crippen LogP contribution in [0.15, 0.2) is 11.5 Å². The maximum absolute atomic E-state index is 11.6. The Hall–Kier alpha value is 0.590.